The number of carbonyl (C=O) groups excluding carboxylic acids is 1. The average Bonchev–Trinajstić information content (AvgIpc) is 3.49. The number of benzene rings is 3. The van der Waals surface area contributed by atoms with Gasteiger partial charge in [-0.05, 0) is 52.6 Å². The number of rotatable bonds is 3. The van der Waals surface area contributed by atoms with Gasteiger partial charge in [0.15, 0.2) is 11.9 Å². The van der Waals surface area contributed by atoms with Gasteiger partial charge < -0.3 is 40.0 Å². The van der Waals surface area contributed by atoms with E-state index in [0.29, 0.717) is 5.39 Å². The lowest BCUT2D eigenvalue weighted by molar-refractivity contribution is -0.314. The van der Waals surface area contributed by atoms with Gasteiger partial charge in [0.1, 0.15) is 17.8 Å². The van der Waals surface area contributed by atoms with Crippen LogP contribution in [0.1, 0.15) is 19.3 Å². The molecule has 6 N–H and O–H groups in total. The zero-order chi connectivity index (χ0) is 24.5. The van der Waals surface area contributed by atoms with E-state index < -0.39 is 41.8 Å². The lowest BCUT2D eigenvalue weighted by Crippen LogP contribution is -2.60. The first-order valence-electron chi connectivity index (χ1n) is 11.5. The first kappa shape index (κ1) is 22.4. The molecule has 0 bridgehead atoms. The molecule has 182 valence electrons. The van der Waals surface area contributed by atoms with E-state index in [1.54, 1.807) is 0 Å². The molecule has 0 spiro atoms. The van der Waals surface area contributed by atoms with E-state index in [2.05, 4.69) is 4.98 Å². The summed E-state index contributed by atoms with van der Waals surface area (Å²) in [6.45, 7) is 0. The molecule has 1 aliphatic carbocycles. The largest absolute Gasteiger partial charge is 0.422 e. The van der Waals surface area contributed by atoms with Crippen molar-refractivity contribution in [2.75, 3.05) is 0 Å². The first-order chi connectivity index (χ1) is 16.7. The number of hydrogen-bond acceptors (Lipinski definition) is 8. The molecule has 6 rings (SSSR count). The van der Waals surface area contributed by atoms with Crippen molar-refractivity contribution in [3.8, 4) is 5.75 Å². The van der Waals surface area contributed by atoms with Crippen molar-refractivity contribution in [3.05, 3.63) is 54.7 Å². The van der Waals surface area contributed by atoms with Gasteiger partial charge in [-0.15, -0.1) is 0 Å². The number of carbonyl (C=O) groups is 1. The van der Waals surface area contributed by atoms with E-state index >= 15 is 0 Å². The highest BCUT2D eigenvalue weighted by Gasteiger charge is 2.67. The van der Waals surface area contributed by atoms with Crippen LogP contribution in [0.15, 0.2) is 54.7 Å². The Morgan fingerprint density at radius 3 is 2.49 bits per heavy atom. The average molecular weight is 479 g/mol. The Kier molecular flexibility index (Phi) is 4.95. The van der Waals surface area contributed by atoms with Crippen LogP contribution in [-0.4, -0.2) is 72.3 Å². The van der Waals surface area contributed by atoms with Crippen LogP contribution in [0.3, 0.4) is 0 Å². The number of aliphatic hydroxyl groups excluding tert-OH is 3. The maximum atomic E-state index is 13.1. The molecule has 6 unspecified atom stereocenters. The third kappa shape index (κ3) is 3.28. The third-order valence-corrected chi connectivity index (χ3v) is 7.41. The summed E-state index contributed by atoms with van der Waals surface area (Å²) in [6.07, 6.45) is -5.13. The van der Waals surface area contributed by atoms with Gasteiger partial charge in [0, 0.05) is 18.1 Å². The molecule has 3 aromatic carbocycles. The third-order valence-electron chi connectivity index (χ3n) is 7.41. The van der Waals surface area contributed by atoms with Crippen LogP contribution in [0.4, 0.5) is 0 Å². The second kappa shape index (κ2) is 7.72. The molecule has 9 nitrogen and oxygen atoms in total. The van der Waals surface area contributed by atoms with Crippen LogP contribution in [-0.2, 0) is 9.53 Å². The fourth-order valence-electron chi connectivity index (χ4n) is 5.49. The van der Waals surface area contributed by atoms with Crippen LogP contribution < -0.4 is 4.74 Å². The van der Waals surface area contributed by atoms with Crippen molar-refractivity contribution in [1.29, 1.82) is 0 Å². The lowest BCUT2D eigenvalue weighted by Gasteiger charge is -2.39. The Hall–Kier alpha value is -3.05. The van der Waals surface area contributed by atoms with E-state index in [0.717, 1.165) is 27.1 Å². The molecule has 1 aromatic heterocycles. The highest BCUT2D eigenvalue weighted by Crippen LogP contribution is 2.46. The quantitative estimate of drug-likeness (QED) is 0.191. The topological polar surface area (TPSA) is 152 Å². The van der Waals surface area contributed by atoms with Gasteiger partial charge in [-0.3, -0.25) is 0 Å². The Bertz CT molecular complexity index is 1470. The molecule has 2 fully saturated rings. The number of fused-ring (bicyclic) bond motifs is 4. The summed E-state index contributed by atoms with van der Waals surface area (Å²) in [5.41, 5.74) is -1.30. The molecule has 1 saturated carbocycles. The summed E-state index contributed by atoms with van der Waals surface area (Å²) in [5.74, 6) is -3.48. The van der Waals surface area contributed by atoms with Crippen LogP contribution in [0, 0.1) is 0 Å². The van der Waals surface area contributed by atoms with E-state index in [4.69, 9.17) is 9.47 Å². The molecule has 1 saturated heterocycles. The van der Waals surface area contributed by atoms with E-state index in [-0.39, 0.29) is 25.0 Å². The number of aromatic nitrogens is 1. The molecule has 0 radical (unpaired) electrons. The van der Waals surface area contributed by atoms with Crippen LogP contribution >= 0.6 is 0 Å². The SMILES string of the molecule is O=C(Oc1c[nH]c2ccc3cc4ccccc4cc3c12)C1OC(O)(C2(O)CCC(O)C2)C(O)C1O. The zero-order valence-corrected chi connectivity index (χ0v) is 18.6. The molecular weight excluding hydrogens is 454 g/mol. The molecule has 0 amide bonds. The van der Waals surface area contributed by atoms with Crippen LogP contribution in [0.5, 0.6) is 5.75 Å². The monoisotopic (exact) mass is 479 g/mol. The van der Waals surface area contributed by atoms with Gasteiger partial charge in [0.25, 0.3) is 0 Å². The van der Waals surface area contributed by atoms with Crippen LogP contribution in [0.25, 0.3) is 32.4 Å². The molecule has 1 aliphatic heterocycles. The maximum absolute atomic E-state index is 13.1. The first-order valence-corrected chi connectivity index (χ1v) is 11.5. The minimum Gasteiger partial charge on any atom is -0.422 e. The van der Waals surface area contributed by atoms with E-state index in [9.17, 15) is 30.3 Å². The molecule has 2 heterocycles. The standard InChI is InChI=1S/C26H25NO8/c28-16-7-8-25(32,11-16)26(33)23(30)21(29)22(35-26)24(31)34-19-12-27-18-6-5-15-9-13-3-1-2-4-14(13)10-17(15)20(18)19/h1-6,9-10,12,16,21-23,27-30,32-33H,7-8,11H2. The Labute approximate surface area is 199 Å². The Morgan fingerprint density at radius 1 is 1.03 bits per heavy atom. The fourth-order valence-corrected chi connectivity index (χ4v) is 5.49. The summed E-state index contributed by atoms with van der Waals surface area (Å²) in [5, 5.41) is 57.2. The van der Waals surface area contributed by atoms with Crippen molar-refractivity contribution in [3.63, 3.8) is 0 Å². The number of esters is 1. The predicted molar refractivity (Wildman–Crippen MR) is 126 cm³/mol. The van der Waals surface area contributed by atoms with Crippen molar-refractivity contribution in [2.24, 2.45) is 0 Å². The summed E-state index contributed by atoms with van der Waals surface area (Å²) in [7, 11) is 0. The fraction of sp³-hybridized carbons (Fsp3) is 0.346. The predicted octanol–water partition coefficient (Wildman–Crippen LogP) is 1.46. The summed E-state index contributed by atoms with van der Waals surface area (Å²) >= 11 is 0. The van der Waals surface area contributed by atoms with E-state index in [1.807, 2.05) is 48.5 Å². The lowest BCUT2D eigenvalue weighted by atomic mass is 9.86. The van der Waals surface area contributed by atoms with Crippen LogP contribution in [0.2, 0.25) is 0 Å². The van der Waals surface area contributed by atoms with Crippen molar-refractivity contribution >= 4 is 38.4 Å². The number of H-pyrrole nitrogens is 1. The van der Waals surface area contributed by atoms with Gasteiger partial charge in [-0.2, -0.15) is 0 Å². The number of hydrogen-bond donors (Lipinski definition) is 6. The van der Waals surface area contributed by atoms with Gasteiger partial charge >= 0.3 is 5.97 Å². The molecule has 9 heteroatoms. The van der Waals surface area contributed by atoms with Crippen molar-refractivity contribution in [1.82, 2.24) is 4.98 Å². The molecule has 6 atom stereocenters. The molecule has 2 aliphatic rings. The smallest absolute Gasteiger partial charge is 0.343 e. The van der Waals surface area contributed by atoms with Crippen molar-refractivity contribution < 1.29 is 39.8 Å². The highest BCUT2D eigenvalue weighted by atomic mass is 16.7. The summed E-state index contributed by atoms with van der Waals surface area (Å²) in [4.78, 5) is 16.1. The summed E-state index contributed by atoms with van der Waals surface area (Å²) < 4.78 is 11.0. The molecular formula is C26H25NO8. The normalized spacial score (nSPS) is 33.2. The van der Waals surface area contributed by atoms with Gasteiger partial charge in [0.05, 0.1) is 11.5 Å². The number of ether oxygens (including phenoxy) is 2. The minimum absolute atomic E-state index is 0.0708. The number of aromatic amines is 1. The Morgan fingerprint density at radius 2 is 1.77 bits per heavy atom. The van der Waals surface area contributed by atoms with Gasteiger partial charge in [-0.1, -0.05) is 30.3 Å². The van der Waals surface area contributed by atoms with Crippen molar-refractivity contribution in [2.45, 2.75) is 55.1 Å². The highest BCUT2D eigenvalue weighted by molar-refractivity contribution is 6.14. The second-order valence-electron chi connectivity index (χ2n) is 9.58. The summed E-state index contributed by atoms with van der Waals surface area (Å²) in [6, 6.07) is 15.8. The number of nitrogens with one attached hydrogen (secondary N) is 1. The minimum atomic E-state index is -2.64. The zero-order valence-electron chi connectivity index (χ0n) is 18.6. The molecule has 35 heavy (non-hydrogen) atoms. The van der Waals surface area contributed by atoms with E-state index in [1.165, 1.54) is 6.20 Å². The maximum Gasteiger partial charge on any atom is 0.343 e. The second-order valence-corrected chi connectivity index (χ2v) is 9.58. The Balaban J connectivity index is 1.34. The molecule has 4 aromatic rings. The van der Waals surface area contributed by atoms with Gasteiger partial charge in [0.2, 0.25) is 5.79 Å². The van der Waals surface area contributed by atoms with Gasteiger partial charge in [-0.25, -0.2) is 4.79 Å². The number of aliphatic hydroxyl groups is 5.